The Morgan fingerprint density at radius 3 is 3.06 bits per heavy atom. The van der Waals surface area contributed by atoms with E-state index < -0.39 is 0 Å². The Kier molecular flexibility index (Phi) is 3.08. The number of aromatic nitrogens is 1. The fourth-order valence-corrected chi connectivity index (χ4v) is 3.19. The van der Waals surface area contributed by atoms with Gasteiger partial charge in [0.15, 0.2) is 5.13 Å². The lowest BCUT2D eigenvalue weighted by Crippen LogP contribution is -2.43. The van der Waals surface area contributed by atoms with E-state index in [0.717, 1.165) is 45.8 Å². The minimum Gasteiger partial charge on any atom is -0.381 e. The number of anilines is 1. The van der Waals surface area contributed by atoms with E-state index in [1.807, 2.05) is 0 Å². The number of nitrogens with one attached hydrogen (secondary N) is 1. The summed E-state index contributed by atoms with van der Waals surface area (Å²) in [7, 11) is 0. The zero-order valence-electron chi connectivity index (χ0n) is 9.32. The summed E-state index contributed by atoms with van der Waals surface area (Å²) in [5, 5.41) is 6.75. The highest BCUT2D eigenvalue weighted by molar-refractivity contribution is 7.13. The minimum absolute atomic E-state index is 0.535. The molecule has 1 aromatic heterocycles. The molecule has 0 aromatic carbocycles. The molecule has 0 radical (unpaired) electrons. The van der Waals surface area contributed by atoms with Gasteiger partial charge in [0.1, 0.15) is 0 Å². The number of rotatable bonds is 2. The van der Waals surface area contributed by atoms with Crippen molar-refractivity contribution >= 4 is 16.5 Å². The lowest BCUT2D eigenvalue weighted by atomic mass is 10.1. The van der Waals surface area contributed by atoms with Crippen molar-refractivity contribution in [1.29, 1.82) is 0 Å². The van der Waals surface area contributed by atoms with Crippen LogP contribution in [0.1, 0.15) is 18.0 Å². The molecule has 1 atom stereocenters. The second-order valence-corrected chi connectivity index (χ2v) is 5.19. The molecule has 0 bridgehead atoms. The van der Waals surface area contributed by atoms with E-state index in [1.54, 1.807) is 11.3 Å². The van der Waals surface area contributed by atoms with Crippen LogP contribution >= 0.6 is 11.3 Å². The predicted molar refractivity (Wildman–Crippen MR) is 65.4 cm³/mol. The average Bonchev–Trinajstić information content (AvgIpc) is 3.01. The summed E-state index contributed by atoms with van der Waals surface area (Å²) in [5.41, 5.74) is 1.23. The van der Waals surface area contributed by atoms with Crippen molar-refractivity contribution in [1.82, 2.24) is 10.3 Å². The maximum Gasteiger partial charge on any atom is 0.185 e. The first-order valence-corrected chi connectivity index (χ1v) is 6.80. The molecule has 0 saturated carbocycles. The Labute approximate surface area is 99.6 Å². The quantitative estimate of drug-likeness (QED) is 0.837. The van der Waals surface area contributed by atoms with Gasteiger partial charge in [-0.25, -0.2) is 4.98 Å². The van der Waals surface area contributed by atoms with Crippen molar-refractivity contribution in [2.75, 3.05) is 44.3 Å². The first-order chi connectivity index (χ1) is 7.93. The molecule has 0 aliphatic carbocycles. The topological polar surface area (TPSA) is 37.4 Å². The summed E-state index contributed by atoms with van der Waals surface area (Å²) in [4.78, 5) is 7.13. The third kappa shape index (κ3) is 2.07. The summed E-state index contributed by atoms with van der Waals surface area (Å²) < 4.78 is 5.41. The van der Waals surface area contributed by atoms with Gasteiger partial charge >= 0.3 is 0 Å². The van der Waals surface area contributed by atoms with Gasteiger partial charge in [-0.3, -0.25) is 0 Å². The highest BCUT2D eigenvalue weighted by Gasteiger charge is 2.22. The summed E-state index contributed by atoms with van der Waals surface area (Å²) in [6, 6.07) is 0. The fraction of sp³-hybridized carbons (Fsp3) is 0.727. The van der Waals surface area contributed by atoms with Crippen LogP contribution in [0.3, 0.4) is 0 Å². The van der Waals surface area contributed by atoms with E-state index in [-0.39, 0.29) is 0 Å². The standard InChI is InChI=1S/C11H17N3OS/c1-6-15-7-9(1)10-8-16-11(13-10)14-4-2-12-3-5-14/h8-9,12H,1-7H2. The van der Waals surface area contributed by atoms with Crippen LogP contribution in [0.2, 0.25) is 0 Å². The number of thiazole rings is 1. The molecule has 0 spiro atoms. The summed E-state index contributed by atoms with van der Waals surface area (Å²) in [6.45, 7) is 6.04. The number of nitrogens with zero attached hydrogens (tertiary/aromatic N) is 2. The molecule has 3 heterocycles. The van der Waals surface area contributed by atoms with Gasteiger partial charge in [0, 0.05) is 44.1 Å². The number of piperazine rings is 1. The normalized spacial score (nSPS) is 26.2. The van der Waals surface area contributed by atoms with Crippen molar-refractivity contribution in [3.63, 3.8) is 0 Å². The van der Waals surface area contributed by atoms with E-state index in [1.165, 1.54) is 10.8 Å². The van der Waals surface area contributed by atoms with E-state index >= 15 is 0 Å². The van der Waals surface area contributed by atoms with Crippen LogP contribution in [-0.2, 0) is 4.74 Å². The molecular formula is C11H17N3OS. The van der Waals surface area contributed by atoms with Crippen LogP contribution in [0, 0.1) is 0 Å². The lowest BCUT2D eigenvalue weighted by Gasteiger charge is -2.26. The average molecular weight is 239 g/mol. The molecule has 5 heteroatoms. The van der Waals surface area contributed by atoms with Crippen molar-refractivity contribution in [2.24, 2.45) is 0 Å². The SMILES string of the molecule is c1sc(N2CCNCC2)nc1C1CCOC1. The first-order valence-electron chi connectivity index (χ1n) is 5.92. The van der Waals surface area contributed by atoms with Crippen LogP contribution in [0.5, 0.6) is 0 Å². The number of hydrogen-bond acceptors (Lipinski definition) is 5. The largest absolute Gasteiger partial charge is 0.381 e. The highest BCUT2D eigenvalue weighted by Crippen LogP contribution is 2.29. The molecule has 2 saturated heterocycles. The zero-order valence-corrected chi connectivity index (χ0v) is 10.1. The molecule has 2 aliphatic heterocycles. The molecule has 3 rings (SSSR count). The van der Waals surface area contributed by atoms with Gasteiger partial charge in [0.25, 0.3) is 0 Å². The first kappa shape index (κ1) is 10.5. The zero-order chi connectivity index (χ0) is 10.8. The third-order valence-electron chi connectivity index (χ3n) is 3.25. The van der Waals surface area contributed by atoms with Gasteiger partial charge in [-0.15, -0.1) is 11.3 Å². The van der Waals surface area contributed by atoms with Gasteiger partial charge in [-0.1, -0.05) is 0 Å². The maximum absolute atomic E-state index is 5.41. The Morgan fingerprint density at radius 2 is 2.31 bits per heavy atom. The van der Waals surface area contributed by atoms with Gasteiger partial charge in [0.2, 0.25) is 0 Å². The van der Waals surface area contributed by atoms with E-state index in [4.69, 9.17) is 9.72 Å². The van der Waals surface area contributed by atoms with Crippen LogP contribution in [-0.4, -0.2) is 44.4 Å². The van der Waals surface area contributed by atoms with Gasteiger partial charge in [-0.2, -0.15) is 0 Å². The number of hydrogen-bond donors (Lipinski definition) is 1. The molecule has 1 aromatic rings. The van der Waals surface area contributed by atoms with Gasteiger partial charge in [-0.05, 0) is 6.42 Å². The maximum atomic E-state index is 5.41. The van der Waals surface area contributed by atoms with Crippen LogP contribution in [0.4, 0.5) is 5.13 Å². The second-order valence-electron chi connectivity index (χ2n) is 4.35. The molecule has 0 amide bonds. The Balaban J connectivity index is 1.71. The van der Waals surface area contributed by atoms with Crippen molar-refractivity contribution in [3.8, 4) is 0 Å². The van der Waals surface area contributed by atoms with Crippen molar-refractivity contribution in [2.45, 2.75) is 12.3 Å². The number of ether oxygens (including phenoxy) is 1. The highest BCUT2D eigenvalue weighted by atomic mass is 32.1. The second kappa shape index (κ2) is 4.69. The molecule has 2 aliphatic rings. The van der Waals surface area contributed by atoms with E-state index in [9.17, 15) is 0 Å². The van der Waals surface area contributed by atoms with Gasteiger partial charge < -0.3 is 15.0 Å². The van der Waals surface area contributed by atoms with Gasteiger partial charge in [0.05, 0.1) is 12.3 Å². The van der Waals surface area contributed by atoms with Crippen LogP contribution < -0.4 is 10.2 Å². The van der Waals surface area contributed by atoms with Crippen molar-refractivity contribution < 1.29 is 4.74 Å². The monoisotopic (exact) mass is 239 g/mol. The molecule has 16 heavy (non-hydrogen) atoms. The van der Waals surface area contributed by atoms with Crippen LogP contribution in [0.15, 0.2) is 5.38 Å². The summed E-state index contributed by atoms with van der Waals surface area (Å²) >= 11 is 1.77. The predicted octanol–water partition coefficient (Wildman–Crippen LogP) is 1.06. The summed E-state index contributed by atoms with van der Waals surface area (Å²) in [6.07, 6.45) is 1.13. The Hall–Kier alpha value is -0.650. The molecule has 2 fully saturated rings. The van der Waals surface area contributed by atoms with E-state index in [0.29, 0.717) is 5.92 Å². The Morgan fingerprint density at radius 1 is 1.44 bits per heavy atom. The fourth-order valence-electron chi connectivity index (χ4n) is 2.23. The van der Waals surface area contributed by atoms with Crippen LogP contribution in [0.25, 0.3) is 0 Å². The Bertz CT molecular complexity index is 343. The molecule has 88 valence electrons. The van der Waals surface area contributed by atoms with E-state index in [2.05, 4.69) is 15.6 Å². The minimum atomic E-state index is 0.535. The molecule has 1 unspecified atom stereocenters. The van der Waals surface area contributed by atoms with Crippen molar-refractivity contribution in [3.05, 3.63) is 11.1 Å². The summed E-state index contributed by atoms with van der Waals surface area (Å²) in [5.74, 6) is 0.535. The third-order valence-corrected chi connectivity index (χ3v) is 4.16. The molecule has 1 N–H and O–H groups in total. The smallest absolute Gasteiger partial charge is 0.185 e. The molecule has 4 nitrogen and oxygen atoms in total. The lowest BCUT2D eigenvalue weighted by molar-refractivity contribution is 0.193. The molecular weight excluding hydrogens is 222 g/mol.